The summed E-state index contributed by atoms with van der Waals surface area (Å²) < 4.78 is 0. The SMILES string of the molecule is Cl.Nc1ccnc2cc[nH]c12. The number of nitrogen functional groups attached to an aromatic ring is 1. The molecule has 0 bridgehead atoms. The van der Waals surface area contributed by atoms with Crippen LogP contribution in [0.2, 0.25) is 0 Å². The van der Waals surface area contributed by atoms with Gasteiger partial charge in [0, 0.05) is 12.4 Å². The Kier molecular flexibility index (Phi) is 2.01. The van der Waals surface area contributed by atoms with Crippen LogP contribution >= 0.6 is 12.4 Å². The van der Waals surface area contributed by atoms with Crippen LogP contribution in [0, 0.1) is 0 Å². The molecule has 0 aliphatic heterocycles. The lowest BCUT2D eigenvalue weighted by molar-refractivity contribution is 1.41. The second-order valence-corrected chi connectivity index (χ2v) is 2.14. The summed E-state index contributed by atoms with van der Waals surface area (Å²) >= 11 is 0. The number of nitrogens with one attached hydrogen (secondary N) is 1. The molecule has 3 nitrogen and oxygen atoms in total. The molecule has 2 heterocycles. The van der Waals surface area contributed by atoms with Crippen molar-refractivity contribution >= 4 is 29.1 Å². The van der Waals surface area contributed by atoms with E-state index < -0.39 is 0 Å². The summed E-state index contributed by atoms with van der Waals surface area (Å²) in [6.45, 7) is 0. The molecule has 0 saturated heterocycles. The van der Waals surface area contributed by atoms with Crippen molar-refractivity contribution in [2.24, 2.45) is 0 Å². The topological polar surface area (TPSA) is 54.7 Å². The molecule has 2 rings (SSSR count). The predicted molar refractivity (Wildman–Crippen MR) is 47.8 cm³/mol. The Morgan fingerprint density at radius 2 is 2.18 bits per heavy atom. The van der Waals surface area contributed by atoms with Gasteiger partial charge in [-0.1, -0.05) is 0 Å². The first-order valence-electron chi connectivity index (χ1n) is 3.05. The number of aromatic nitrogens is 2. The summed E-state index contributed by atoms with van der Waals surface area (Å²) in [4.78, 5) is 7.09. The van der Waals surface area contributed by atoms with Crippen molar-refractivity contribution in [3.8, 4) is 0 Å². The van der Waals surface area contributed by atoms with Crippen LogP contribution in [0.5, 0.6) is 0 Å². The summed E-state index contributed by atoms with van der Waals surface area (Å²) in [5, 5.41) is 0. The average Bonchev–Trinajstić information content (AvgIpc) is 2.36. The molecule has 11 heavy (non-hydrogen) atoms. The maximum absolute atomic E-state index is 5.63. The van der Waals surface area contributed by atoms with Crippen LogP contribution in [0.4, 0.5) is 5.69 Å². The van der Waals surface area contributed by atoms with Gasteiger partial charge >= 0.3 is 0 Å². The molecular weight excluding hydrogens is 162 g/mol. The first-order chi connectivity index (χ1) is 4.88. The largest absolute Gasteiger partial charge is 0.397 e. The van der Waals surface area contributed by atoms with Crippen molar-refractivity contribution < 1.29 is 0 Å². The van der Waals surface area contributed by atoms with Crippen LogP contribution in [-0.4, -0.2) is 9.97 Å². The predicted octanol–water partition coefficient (Wildman–Crippen LogP) is 1.57. The summed E-state index contributed by atoms with van der Waals surface area (Å²) in [7, 11) is 0. The molecule has 2 aromatic heterocycles. The lowest BCUT2D eigenvalue weighted by Gasteiger charge is -1.91. The Balaban J connectivity index is 0.000000605. The van der Waals surface area contributed by atoms with Crippen LogP contribution in [0.15, 0.2) is 24.5 Å². The van der Waals surface area contributed by atoms with Gasteiger partial charge in [-0.2, -0.15) is 0 Å². The minimum Gasteiger partial charge on any atom is -0.397 e. The van der Waals surface area contributed by atoms with Gasteiger partial charge in [0.15, 0.2) is 0 Å². The van der Waals surface area contributed by atoms with E-state index in [1.54, 1.807) is 12.3 Å². The molecule has 0 amide bonds. The zero-order chi connectivity index (χ0) is 6.97. The van der Waals surface area contributed by atoms with Crippen molar-refractivity contribution in [3.63, 3.8) is 0 Å². The second-order valence-electron chi connectivity index (χ2n) is 2.14. The molecule has 2 aromatic rings. The summed E-state index contributed by atoms with van der Waals surface area (Å²) in [5.41, 5.74) is 8.21. The standard InChI is InChI=1S/C7H7N3.ClH/c8-5-1-3-9-6-2-4-10-7(5)6;/h1-4,10H,(H2,8,9);1H. The first-order valence-corrected chi connectivity index (χ1v) is 3.05. The number of rotatable bonds is 0. The summed E-state index contributed by atoms with van der Waals surface area (Å²) in [6, 6.07) is 3.67. The first kappa shape index (κ1) is 7.88. The molecule has 0 aliphatic rings. The third-order valence-electron chi connectivity index (χ3n) is 1.48. The number of pyridine rings is 1. The van der Waals surface area contributed by atoms with Gasteiger partial charge in [0.25, 0.3) is 0 Å². The fraction of sp³-hybridized carbons (Fsp3) is 0. The van der Waals surface area contributed by atoms with Crippen molar-refractivity contribution in [3.05, 3.63) is 24.5 Å². The minimum atomic E-state index is 0. The van der Waals surface area contributed by atoms with Gasteiger partial charge in [-0.3, -0.25) is 4.98 Å². The molecule has 0 atom stereocenters. The Morgan fingerprint density at radius 3 is 2.91 bits per heavy atom. The number of anilines is 1. The number of nitrogens with zero attached hydrogens (tertiary/aromatic N) is 1. The number of H-pyrrole nitrogens is 1. The molecule has 0 fully saturated rings. The van der Waals surface area contributed by atoms with E-state index in [-0.39, 0.29) is 12.4 Å². The minimum absolute atomic E-state index is 0. The molecule has 0 spiro atoms. The van der Waals surface area contributed by atoms with Crippen molar-refractivity contribution in [1.29, 1.82) is 0 Å². The van der Waals surface area contributed by atoms with Crippen LogP contribution in [0.25, 0.3) is 11.0 Å². The molecule has 4 heteroatoms. The zero-order valence-electron chi connectivity index (χ0n) is 5.74. The molecule has 3 N–H and O–H groups in total. The molecule has 0 aromatic carbocycles. The van der Waals surface area contributed by atoms with Gasteiger partial charge in [0.2, 0.25) is 0 Å². The monoisotopic (exact) mass is 169 g/mol. The second kappa shape index (κ2) is 2.80. The summed E-state index contributed by atoms with van der Waals surface area (Å²) in [6.07, 6.45) is 3.53. The fourth-order valence-electron chi connectivity index (χ4n) is 0.981. The molecular formula is C7H8ClN3. The van der Waals surface area contributed by atoms with E-state index >= 15 is 0 Å². The number of halogens is 1. The lowest BCUT2D eigenvalue weighted by atomic mass is 10.3. The number of nitrogens with two attached hydrogens (primary N) is 1. The summed E-state index contributed by atoms with van der Waals surface area (Å²) in [5.74, 6) is 0. The maximum Gasteiger partial charge on any atom is 0.0900 e. The van der Waals surface area contributed by atoms with Crippen LogP contribution < -0.4 is 5.73 Å². The van der Waals surface area contributed by atoms with Gasteiger partial charge in [0.05, 0.1) is 16.7 Å². The van der Waals surface area contributed by atoms with Crippen molar-refractivity contribution in [2.45, 2.75) is 0 Å². The van der Waals surface area contributed by atoms with Crippen LogP contribution in [0.3, 0.4) is 0 Å². The van der Waals surface area contributed by atoms with Crippen molar-refractivity contribution in [2.75, 3.05) is 5.73 Å². The highest BCUT2D eigenvalue weighted by molar-refractivity contribution is 5.86. The third-order valence-corrected chi connectivity index (χ3v) is 1.48. The number of aromatic amines is 1. The Morgan fingerprint density at radius 1 is 1.36 bits per heavy atom. The zero-order valence-corrected chi connectivity index (χ0v) is 6.56. The lowest BCUT2D eigenvalue weighted by Crippen LogP contribution is -1.86. The van der Waals surface area contributed by atoms with Crippen LogP contribution in [-0.2, 0) is 0 Å². The van der Waals surface area contributed by atoms with E-state index in [1.807, 2.05) is 12.3 Å². The van der Waals surface area contributed by atoms with Crippen LogP contribution in [0.1, 0.15) is 0 Å². The third kappa shape index (κ3) is 1.14. The average molecular weight is 170 g/mol. The van der Waals surface area contributed by atoms with Gasteiger partial charge in [0.1, 0.15) is 0 Å². The van der Waals surface area contributed by atoms with E-state index in [9.17, 15) is 0 Å². The van der Waals surface area contributed by atoms with Crippen molar-refractivity contribution in [1.82, 2.24) is 9.97 Å². The van der Waals surface area contributed by atoms with E-state index in [2.05, 4.69) is 9.97 Å². The van der Waals surface area contributed by atoms with Gasteiger partial charge in [-0.25, -0.2) is 0 Å². The molecule has 0 aliphatic carbocycles. The number of hydrogen-bond acceptors (Lipinski definition) is 2. The van der Waals surface area contributed by atoms with E-state index in [0.717, 1.165) is 16.7 Å². The molecule has 0 saturated carbocycles. The number of hydrogen-bond donors (Lipinski definition) is 2. The highest BCUT2D eigenvalue weighted by Crippen LogP contribution is 2.14. The Bertz CT molecular complexity index is 355. The molecule has 58 valence electrons. The smallest absolute Gasteiger partial charge is 0.0900 e. The van der Waals surface area contributed by atoms with Gasteiger partial charge in [-0.15, -0.1) is 12.4 Å². The molecule has 0 radical (unpaired) electrons. The van der Waals surface area contributed by atoms with Gasteiger partial charge in [-0.05, 0) is 12.1 Å². The molecule has 0 unspecified atom stereocenters. The normalized spacial score (nSPS) is 9.45. The Hall–Kier alpha value is -1.22. The van der Waals surface area contributed by atoms with E-state index in [4.69, 9.17) is 5.73 Å². The number of fused-ring (bicyclic) bond motifs is 1. The maximum atomic E-state index is 5.63. The van der Waals surface area contributed by atoms with Gasteiger partial charge < -0.3 is 10.7 Å². The Labute approximate surface area is 70.0 Å². The fourth-order valence-corrected chi connectivity index (χ4v) is 0.981. The van der Waals surface area contributed by atoms with E-state index in [1.165, 1.54) is 0 Å². The van der Waals surface area contributed by atoms with E-state index in [0.29, 0.717) is 0 Å². The quantitative estimate of drug-likeness (QED) is 0.629. The highest BCUT2D eigenvalue weighted by atomic mass is 35.5. The highest BCUT2D eigenvalue weighted by Gasteiger charge is 1.95.